The summed E-state index contributed by atoms with van der Waals surface area (Å²) >= 11 is 0. The second kappa shape index (κ2) is 15.6. The Hall–Kier alpha value is -3.55. The number of ether oxygens (including phenoxy) is 1. The maximum atomic E-state index is 12.0. The van der Waals surface area contributed by atoms with Crippen LogP contribution in [0.3, 0.4) is 0 Å². The molecule has 0 bridgehead atoms. The van der Waals surface area contributed by atoms with Gasteiger partial charge in [-0.15, -0.1) is 0 Å². The molecule has 3 saturated carbocycles. The van der Waals surface area contributed by atoms with Crippen LogP contribution >= 0.6 is 0 Å². The van der Waals surface area contributed by atoms with Crippen LogP contribution in [0.15, 0.2) is 36.4 Å². The van der Waals surface area contributed by atoms with Crippen molar-refractivity contribution in [3.05, 3.63) is 42.0 Å². The molecule has 0 amide bonds. The van der Waals surface area contributed by atoms with E-state index in [0.29, 0.717) is 25.7 Å². The Labute approximate surface area is 267 Å². The van der Waals surface area contributed by atoms with Crippen LogP contribution in [0.25, 0.3) is 6.08 Å². The number of carbonyl (C=O) groups is 7. The Kier molecular flexibility index (Phi) is 13.1. The van der Waals surface area contributed by atoms with Crippen LogP contribution < -0.4 is 0 Å². The molecule has 0 saturated heterocycles. The molecular weight excluding hydrogens is 572 g/mol. The Morgan fingerprint density at radius 2 is 1.16 bits per heavy atom. The first-order chi connectivity index (χ1) is 20.8. The highest BCUT2D eigenvalue weighted by Gasteiger charge is 2.43. The number of hydrogen-bond acceptors (Lipinski definition) is 8. The lowest BCUT2D eigenvalue weighted by Crippen LogP contribution is -2.40. The van der Waals surface area contributed by atoms with Crippen LogP contribution in [-0.4, -0.2) is 47.8 Å². The number of benzene rings is 1. The predicted octanol–water partition coefficient (Wildman–Crippen LogP) is 6.37. The van der Waals surface area contributed by atoms with Gasteiger partial charge in [0.25, 0.3) is 0 Å². The number of rotatable bonds is 5. The quantitative estimate of drug-likeness (QED) is 0.274. The first-order valence-corrected chi connectivity index (χ1v) is 15.7. The van der Waals surface area contributed by atoms with Crippen molar-refractivity contribution in [1.82, 2.24) is 0 Å². The third-order valence-electron chi connectivity index (χ3n) is 9.47. The van der Waals surface area contributed by atoms with Gasteiger partial charge >= 0.3 is 5.97 Å². The first kappa shape index (κ1) is 37.6. The van der Waals surface area contributed by atoms with Gasteiger partial charge in [0.05, 0.1) is 32.8 Å². The van der Waals surface area contributed by atoms with Gasteiger partial charge < -0.3 is 4.74 Å². The zero-order valence-electron chi connectivity index (χ0n) is 28.2. The lowest BCUT2D eigenvalue weighted by Gasteiger charge is -2.36. The fourth-order valence-electron chi connectivity index (χ4n) is 6.40. The fraction of sp³-hybridized carbons (Fsp3) is 0.595. The third-order valence-corrected chi connectivity index (χ3v) is 9.47. The number of carbonyl (C=O) groups excluding carboxylic acids is 7. The molecule has 1 aromatic carbocycles. The topological polar surface area (TPSA) is 129 Å². The molecule has 8 nitrogen and oxygen atoms in total. The van der Waals surface area contributed by atoms with Crippen molar-refractivity contribution in [3.8, 4) is 0 Å². The molecule has 3 fully saturated rings. The summed E-state index contributed by atoms with van der Waals surface area (Å²) in [5, 5.41) is 0. The van der Waals surface area contributed by atoms with Crippen molar-refractivity contribution in [2.24, 2.45) is 34.0 Å². The summed E-state index contributed by atoms with van der Waals surface area (Å²) in [6.07, 6.45) is 6.56. The van der Waals surface area contributed by atoms with Crippen LogP contribution in [0, 0.1) is 34.0 Å². The van der Waals surface area contributed by atoms with Crippen LogP contribution in [0.4, 0.5) is 0 Å². The predicted molar refractivity (Wildman–Crippen MR) is 172 cm³/mol. The van der Waals surface area contributed by atoms with Crippen LogP contribution in [0.5, 0.6) is 0 Å². The SMILES string of the molecule is CC1(C)CC(=O)CC(=O)C1C/C=C/c1ccccc1.CC1C(=O)CC(=O)CC1(C)C.COC(=O)CC1C(=O)CC(=O)CC1(C)C. The van der Waals surface area contributed by atoms with Gasteiger partial charge in [-0.3, -0.25) is 33.6 Å². The van der Waals surface area contributed by atoms with Gasteiger partial charge in [-0.2, -0.15) is 0 Å². The molecule has 3 atom stereocenters. The number of allylic oxidation sites excluding steroid dienone is 1. The number of methoxy groups -OCH3 is 1. The first-order valence-electron chi connectivity index (χ1n) is 15.7. The second-order valence-corrected chi connectivity index (χ2v) is 14.7. The molecule has 0 aromatic heterocycles. The van der Waals surface area contributed by atoms with Crippen LogP contribution in [0.1, 0.15) is 105 Å². The highest BCUT2D eigenvalue weighted by Crippen LogP contribution is 2.40. The molecule has 3 aliphatic rings. The molecule has 0 spiro atoms. The van der Waals surface area contributed by atoms with E-state index in [1.54, 1.807) is 0 Å². The average molecular weight is 623 g/mol. The largest absolute Gasteiger partial charge is 0.469 e. The van der Waals surface area contributed by atoms with Crippen molar-refractivity contribution < 1.29 is 38.3 Å². The molecule has 0 heterocycles. The Morgan fingerprint density at radius 3 is 1.60 bits per heavy atom. The van der Waals surface area contributed by atoms with Crippen LogP contribution in [-0.2, 0) is 38.3 Å². The molecule has 45 heavy (non-hydrogen) atoms. The van der Waals surface area contributed by atoms with Gasteiger partial charge in [0, 0.05) is 37.0 Å². The maximum Gasteiger partial charge on any atom is 0.306 e. The van der Waals surface area contributed by atoms with Crippen molar-refractivity contribution in [2.75, 3.05) is 7.11 Å². The standard InChI is InChI=1S/C17H20O2.C11H16O4.C9H14O2/c1-17(2)12-14(18)11-16(19)15(17)10-6-9-13-7-4-3-5-8-13;1-11(2)6-7(12)4-9(13)8(11)5-10(14)15-3;1-6-8(11)4-7(10)5-9(6,2)3/h3-9,15H,10-12H2,1-2H3;8H,4-6H2,1-3H3;6H,4-5H2,1-3H3/b9-6+;;. The molecule has 3 aliphatic carbocycles. The summed E-state index contributed by atoms with van der Waals surface area (Å²) in [7, 11) is 1.30. The van der Waals surface area contributed by atoms with Gasteiger partial charge in [-0.1, -0.05) is 91.0 Å². The summed E-state index contributed by atoms with van der Waals surface area (Å²) in [6.45, 7) is 13.6. The Bertz CT molecular complexity index is 1310. The molecule has 0 radical (unpaired) electrons. The van der Waals surface area contributed by atoms with Crippen molar-refractivity contribution in [2.45, 2.75) is 99.8 Å². The number of ketones is 6. The van der Waals surface area contributed by atoms with E-state index in [2.05, 4.69) is 10.8 Å². The Morgan fingerprint density at radius 1 is 0.711 bits per heavy atom. The monoisotopic (exact) mass is 622 g/mol. The van der Waals surface area contributed by atoms with Crippen molar-refractivity contribution in [1.29, 1.82) is 0 Å². The molecular formula is C37H50O8. The summed E-state index contributed by atoms with van der Waals surface area (Å²) in [6, 6.07) is 10.0. The number of Topliss-reactive ketones (excluding diaryl/α,β-unsaturated/α-hetero) is 6. The second-order valence-electron chi connectivity index (χ2n) is 14.7. The molecule has 0 N–H and O–H groups in total. The van der Waals surface area contributed by atoms with E-state index in [4.69, 9.17) is 0 Å². The minimum Gasteiger partial charge on any atom is -0.469 e. The number of esters is 1. The molecule has 246 valence electrons. The van der Waals surface area contributed by atoms with Gasteiger partial charge in [0.15, 0.2) is 0 Å². The number of hydrogen-bond donors (Lipinski definition) is 0. The Balaban J connectivity index is 0.000000244. The van der Waals surface area contributed by atoms with Crippen molar-refractivity contribution in [3.63, 3.8) is 0 Å². The summed E-state index contributed by atoms with van der Waals surface area (Å²) in [5.74, 6) is -0.571. The van der Waals surface area contributed by atoms with E-state index < -0.39 is 11.4 Å². The minimum absolute atomic E-state index is 0.0360. The molecule has 1 aromatic rings. The smallest absolute Gasteiger partial charge is 0.306 e. The minimum atomic E-state index is -0.430. The van der Waals surface area contributed by atoms with E-state index in [1.165, 1.54) is 7.11 Å². The summed E-state index contributed by atoms with van der Waals surface area (Å²) in [4.78, 5) is 79.7. The van der Waals surface area contributed by atoms with Gasteiger partial charge in [0.2, 0.25) is 0 Å². The summed E-state index contributed by atoms with van der Waals surface area (Å²) < 4.78 is 4.55. The third kappa shape index (κ3) is 11.1. The van der Waals surface area contributed by atoms with Gasteiger partial charge in [-0.25, -0.2) is 0 Å². The van der Waals surface area contributed by atoms with E-state index in [0.717, 1.165) is 5.56 Å². The highest BCUT2D eigenvalue weighted by atomic mass is 16.5. The van der Waals surface area contributed by atoms with Crippen molar-refractivity contribution >= 4 is 46.7 Å². The maximum absolute atomic E-state index is 12.0. The zero-order chi connectivity index (χ0) is 34.2. The molecule has 3 unspecified atom stereocenters. The molecule has 0 aliphatic heterocycles. The highest BCUT2D eigenvalue weighted by molar-refractivity contribution is 6.05. The fourth-order valence-corrected chi connectivity index (χ4v) is 6.40. The lowest BCUT2D eigenvalue weighted by atomic mass is 9.66. The van der Waals surface area contributed by atoms with E-state index in [9.17, 15) is 33.6 Å². The van der Waals surface area contributed by atoms with E-state index in [1.807, 2.05) is 84.9 Å². The van der Waals surface area contributed by atoms with Gasteiger partial charge in [0.1, 0.15) is 34.7 Å². The molecule has 8 heteroatoms. The van der Waals surface area contributed by atoms with Crippen LogP contribution in [0.2, 0.25) is 0 Å². The van der Waals surface area contributed by atoms with E-state index in [-0.39, 0.29) is 89.0 Å². The van der Waals surface area contributed by atoms with Gasteiger partial charge in [-0.05, 0) is 28.2 Å². The molecule has 4 rings (SSSR count). The normalized spacial score (nSPS) is 25.6. The lowest BCUT2D eigenvalue weighted by molar-refractivity contribution is -0.149. The van der Waals surface area contributed by atoms with E-state index >= 15 is 0 Å². The zero-order valence-corrected chi connectivity index (χ0v) is 28.2. The summed E-state index contributed by atoms with van der Waals surface area (Å²) in [5.41, 5.74) is 0.375. The average Bonchev–Trinajstić information content (AvgIpc) is 2.91.